The zero-order valence-electron chi connectivity index (χ0n) is 12.6. The van der Waals surface area contributed by atoms with Crippen LogP contribution in [-0.4, -0.2) is 17.0 Å². The molecule has 0 saturated carbocycles. The van der Waals surface area contributed by atoms with E-state index in [0.29, 0.717) is 18.5 Å². The van der Waals surface area contributed by atoms with Crippen LogP contribution in [0.15, 0.2) is 41.5 Å². The molecule has 114 valence electrons. The average Bonchev–Trinajstić information content (AvgIpc) is 2.50. The molecule has 0 radical (unpaired) electrons. The lowest BCUT2D eigenvalue weighted by atomic mass is 9.90. The molecular weight excluding hydrogens is 270 g/mol. The molecule has 0 amide bonds. The van der Waals surface area contributed by atoms with Crippen LogP contribution < -0.4 is 5.48 Å². The molecule has 0 aliphatic rings. The first-order valence-corrected chi connectivity index (χ1v) is 6.97. The predicted octanol–water partition coefficient (Wildman–Crippen LogP) is 3.39. The van der Waals surface area contributed by atoms with Gasteiger partial charge in [0.2, 0.25) is 0 Å². The smallest absolute Gasteiger partial charge is 0.359 e. The maximum atomic E-state index is 12.2. The third-order valence-electron chi connectivity index (χ3n) is 3.37. The molecule has 0 unspecified atom stereocenters. The Labute approximate surface area is 124 Å². The van der Waals surface area contributed by atoms with E-state index in [2.05, 4.69) is 5.48 Å². The van der Waals surface area contributed by atoms with Crippen LogP contribution in [0.25, 0.3) is 0 Å². The van der Waals surface area contributed by atoms with Gasteiger partial charge in [0.05, 0.1) is 11.3 Å². The van der Waals surface area contributed by atoms with E-state index in [9.17, 15) is 9.59 Å². The van der Waals surface area contributed by atoms with Gasteiger partial charge in [0, 0.05) is 5.57 Å². The number of carbonyl (C=O) groups excluding carboxylic acids is 1. The number of hydrogen-bond donors (Lipinski definition) is 2. The Bertz CT molecular complexity index is 518. The lowest BCUT2D eigenvalue weighted by Crippen LogP contribution is -2.21. The SMILES string of the molecule is CCC(CC)C(C(=O)ONc1ccccc1)=C(C)C(=O)O. The summed E-state index contributed by atoms with van der Waals surface area (Å²) < 4.78 is 0. The van der Waals surface area contributed by atoms with Gasteiger partial charge >= 0.3 is 11.9 Å². The van der Waals surface area contributed by atoms with E-state index < -0.39 is 11.9 Å². The number of anilines is 1. The summed E-state index contributed by atoms with van der Waals surface area (Å²) in [5, 5.41) is 9.14. The molecule has 0 saturated heterocycles. The van der Waals surface area contributed by atoms with E-state index in [0.717, 1.165) is 0 Å². The highest BCUT2D eigenvalue weighted by molar-refractivity contribution is 5.99. The fraction of sp³-hybridized carbons (Fsp3) is 0.375. The first-order valence-electron chi connectivity index (χ1n) is 6.97. The van der Waals surface area contributed by atoms with Gasteiger partial charge < -0.3 is 9.94 Å². The minimum Gasteiger partial charge on any atom is -0.478 e. The Balaban J connectivity index is 2.91. The molecule has 0 heterocycles. The molecule has 0 aliphatic heterocycles. The molecule has 0 aliphatic carbocycles. The molecule has 0 atom stereocenters. The van der Waals surface area contributed by atoms with Gasteiger partial charge in [-0.15, -0.1) is 0 Å². The first-order chi connectivity index (χ1) is 10.0. The highest BCUT2D eigenvalue weighted by atomic mass is 16.7. The third-order valence-corrected chi connectivity index (χ3v) is 3.37. The number of carboxylic acid groups (broad SMARTS) is 1. The summed E-state index contributed by atoms with van der Waals surface area (Å²) in [4.78, 5) is 28.4. The normalized spacial score (nSPS) is 11.8. The van der Waals surface area contributed by atoms with Crippen LogP contribution in [0.5, 0.6) is 0 Å². The molecule has 0 fully saturated rings. The van der Waals surface area contributed by atoms with E-state index >= 15 is 0 Å². The molecule has 0 spiro atoms. The van der Waals surface area contributed by atoms with Crippen LogP contribution >= 0.6 is 0 Å². The lowest BCUT2D eigenvalue weighted by molar-refractivity contribution is -0.138. The molecule has 21 heavy (non-hydrogen) atoms. The van der Waals surface area contributed by atoms with Crippen molar-refractivity contribution in [2.24, 2.45) is 5.92 Å². The van der Waals surface area contributed by atoms with Gasteiger partial charge in [-0.05, 0) is 37.8 Å². The Morgan fingerprint density at radius 1 is 1.19 bits per heavy atom. The molecule has 1 aromatic rings. The van der Waals surface area contributed by atoms with Crippen LogP contribution in [0, 0.1) is 5.92 Å². The third kappa shape index (κ3) is 4.63. The van der Waals surface area contributed by atoms with Crippen LogP contribution in [0.2, 0.25) is 0 Å². The summed E-state index contributed by atoms with van der Waals surface area (Å²) in [5.74, 6) is -1.88. The number of nitrogens with one attached hydrogen (secondary N) is 1. The Morgan fingerprint density at radius 2 is 1.76 bits per heavy atom. The summed E-state index contributed by atoms with van der Waals surface area (Å²) >= 11 is 0. The van der Waals surface area contributed by atoms with Crippen LogP contribution in [0.3, 0.4) is 0 Å². The topological polar surface area (TPSA) is 75.6 Å². The first kappa shape index (κ1) is 16.8. The highest BCUT2D eigenvalue weighted by Crippen LogP contribution is 2.24. The minimum absolute atomic E-state index is 0.0311. The molecular formula is C16H21NO4. The van der Waals surface area contributed by atoms with Crippen molar-refractivity contribution in [1.82, 2.24) is 0 Å². The number of hydrogen-bond acceptors (Lipinski definition) is 4. The number of para-hydroxylation sites is 1. The second kappa shape index (κ2) is 8.09. The van der Waals surface area contributed by atoms with Crippen molar-refractivity contribution in [3.05, 3.63) is 41.5 Å². The Kier molecular flexibility index (Phi) is 6.46. The number of benzene rings is 1. The summed E-state index contributed by atoms with van der Waals surface area (Å²) in [6, 6.07) is 8.94. The van der Waals surface area contributed by atoms with Gasteiger partial charge in [0.25, 0.3) is 0 Å². The molecule has 0 bridgehead atoms. The maximum absolute atomic E-state index is 12.2. The molecule has 5 heteroatoms. The zero-order chi connectivity index (χ0) is 15.8. The van der Waals surface area contributed by atoms with E-state index in [4.69, 9.17) is 9.94 Å². The summed E-state index contributed by atoms with van der Waals surface area (Å²) in [7, 11) is 0. The monoisotopic (exact) mass is 291 g/mol. The fourth-order valence-electron chi connectivity index (χ4n) is 2.10. The minimum atomic E-state index is -1.10. The van der Waals surface area contributed by atoms with Crippen molar-refractivity contribution in [3.63, 3.8) is 0 Å². The van der Waals surface area contributed by atoms with E-state index in [1.165, 1.54) is 6.92 Å². The van der Waals surface area contributed by atoms with E-state index in [1.807, 2.05) is 19.9 Å². The van der Waals surface area contributed by atoms with Crippen molar-refractivity contribution in [2.45, 2.75) is 33.6 Å². The Morgan fingerprint density at radius 3 is 2.24 bits per heavy atom. The predicted molar refractivity (Wildman–Crippen MR) is 80.6 cm³/mol. The van der Waals surface area contributed by atoms with Crippen molar-refractivity contribution >= 4 is 17.6 Å². The van der Waals surface area contributed by atoms with Crippen molar-refractivity contribution in [3.8, 4) is 0 Å². The standard InChI is InChI=1S/C16H21NO4/c1-4-12(5-2)14(11(3)15(18)19)16(20)21-17-13-9-7-6-8-10-13/h6-10,12,17H,4-5H2,1-3H3,(H,18,19). The summed E-state index contributed by atoms with van der Waals surface area (Å²) in [5.41, 5.74) is 3.42. The number of aliphatic carboxylic acids is 1. The van der Waals surface area contributed by atoms with Gasteiger partial charge in [-0.3, -0.25) is 0 Å². The second-order valence-electron chi connectivity index (χ2n) is 4.71. The fourth-order valence-corrected chi connectivity index (χ4v) is 2.10. The molecule has 0 aromatic heterocycles. The molecule has 5 nitrogen and oxygen atoms in total. The van der Waals surface area contributed by atoms with Gasteiger partial charge in [-0.1, -0.05) is 32.0 Å². The van der Waals surface area contributed by atoms with E-state index in [1.54, 1.807) is 24.3 Å². The van der Waals surface area contributed by atoms with Gasteiger partial charge in [0.15, 0.2) is 0 Å². The molecule has 1 rings (SSSR count). The zero-order valence-corrected chi connectivity index (χ0v) is 12.6. The maximum Gasteiger partial charge on any atom is 0.359 e. The van der Waals surface area contributed by atoms with Crippen molar-refractivity contribution in [1.29, 1.82) is 0 Å². The van der Waals surface area contributed by atoms with Crippen molar-refractivity contribution < 1.29 is 19.5 Å². The van der Waals surface area contributed by atoms with Crippen LogP contribution in [-0.2, 0) is 14.4 Å². The number of rotatable bonds is 7. The van der Waals surface area contributed by atoms with Gasteiger partial charge in [0.1, 0.15) is 0 Å². The Hall–Kier alpha value is -2.30. The summed E-state index contributed by atoms with van der Waals surface area (Å²) in [6.07, 6.45) is 1.35. The highest BCUT2D eigenvalue weighted by Gasteiger charge is 2.25. The lowest BCUT2D eigenvalue weighted by Gasteiger charge is -2.18. The largest absolute Gasteiger partial charge is 0.478 e. The van der Waals surface area contributed by atoms with Gasteiger partial charge in [-0.2, -0.15) is 0 Å². The molecule has 2 N–H and O–H groups in total. The van der Waals surface area contributed by atoms with Gasteiger partial charge in [-0.25, -0.2) is 15.1 Å². The van der Waals surface area contributed by atoms with Crippen molar-refractivity contribution in [2.75, 3.05) is 5.48 Å². The van der Waals surface area contributed by atoms with Crippen LogP contribution in [0.1, 0.15) is 33.6 Å². The van der Waals surface area contributed by atoms with Crippen LogP contribution in [0.4, 0.5) is 5.69 Å². The quantitative estimate of drug-likeness (QED) is 0.595. The number of carboxylic acids is 1. The second-order valence-corrected chi connectivity index (χ2v) is 4.71. The summed E-state index contributed by atoms with van der Waals surface area (Å²) in [6.45, 7) is 5.27. The average molecular weight is 291 g/mol. The van der Waals surface area contributed by atoms with E-state index in [-0.39, 0.29) is 17.1 Å². The molecule has 1 aromatic carbocycles. The number of carbonyl (C=O) groups is 2.